The van der Waals surface area contributed by atoms with E-state index >= 15 is 0 Å². The molecule has 5 aromatic heterocycles. The van der Waals surface area contributed by atoms with Gasteiger partial charge in [0.05, 0.1) is 22.4 Å². The molecule has 7 aromatic rings. The number of H-pyrrole nitrogens is 2. The summed E-state index contributed by atoms with van der Waals surface area (Å²) >= 11 is 0. The Morgan fingerprint density at radius 1 is 0.826 bits per heavy atom. The van der Waals surface area contributed by atoms with E-state index < -0.39 is 5.82 Å². The highest BCUT2D eigenvalue weighted by molar-refractivity contribution is 5.95. The lowest BCUT2D eigenvalue weighted by molar-refractivity contribution is 0.260. The molecular weight excluding hydrogens is 581 g/mol. The number of hydrogen-bond donors (Lipinski definition) is 3. The average molecular weight is 614 g/mol. The summed E-state index contributed by atoms with van der Waals surface area (Å²) in [4.78, 5) is 24.2. The number of nitrogens with zero attached hydrogens (tertiary/aromatic N) is 6. The van der Waals surface area contributed by atoms with Crippen LogP contribution in [0.4, 0.5) is 4.39 Å². The third-order valence-electron chi connectivity index (χ3n) is 7.58. The highest BCUT2D eigenvalue weighted by Gasteiger charge is 2.18. The van der Waals surface area contributed by atoms with Crippen molar-refractivity contribution in [3.8, 4) is 39.8 Å². The van der Waals surface area contributed by atoms with Crippen molar-refractivity contribution in [1.29, 1.82) is 0 Å². The van der Waals surface area contributed by atoms with Crippen LogP contribution < -0.4 is 10.1 Å². The number of nitrogens with one attached hydrogen (secondary N) is 3. The lowest BCUT2D eigenvalue weighted by Gasteiger charge is -2.12. The largest absolute Gasteiger partial charge is 0.492 e. The van der Waals surface area contributed by atoms with Crippen LogP contribution in [-0.2, 0) is 13.1 Å². The second kappa shape index (κ2) is 12.8. The topological polar surface area (TPSA) is 121 Å². The molecule has 7 rings (SSSR count). The first-order valence-corrected chi connectivity index (χ1v) is 15.0. The number of hydrogen-bond acceptors (Lipinski definition) is 8. The molecule has 0 fully saturated rings. The first-order valence-electron chi connectivity index (χ1n) is 15.0. The number of benzene rings is 2. The molecule has 0 spiro atoms. The van der Waals surface area contributed by atoms with Crippen LogP contribution in [0.5, 0.6) is 5.75 Å². The maximum Gasteiger partial charge on any atom is 0.161 e. The van der Waals surface area contributed by atoms with E-state index in [0.29, 0.717) is 59.3 Å². The number of imidazole rings is 1. The summed E-state index contributed by atoms with van der Waals surface area (Å²) in [6, 6.07) is 22.7. The van der Waals surface area contributed by atoms with Gasteiger partial charge in [0.2, 0.25) is 0 Å². The normalized spacial score (nSPS) is 11.6. The Hall–Kier alpha value is -5.52. The molecule has 0 unspecified atom stereocenters. The molecule has 46 heavy (non-hydrogen) atoms. The van der Waals surface area contributed by atoms with Crippen LogP contribution in [0.15, 0.2) is 91.4 Å². The second-order valence-electron chi connectivity index (χ2n) is 11.3. The molecule has 0 bridgehead atoms. The highest BCUT2D eigenvalue weighted by atomic mass is 19.1. The molecule has 11 heteroatoms. The van der Waals surface area contributed by atoms with Crippen LogP contribution in [0, 0.1) is 5.82 Å². The minimum absolute atomic E-state index is 0.410. The summed E-state index contributed by atoms with van der Waals surface area (Å²) in [5, 5.41) is 11.1. The SMILES string of the molecule is CN(C)CCOc1cc(F)cc(-c2nccc3[nH]c(-c4n[nH]c5ccc(-c6cncc(CNCc7ccccc7)c6)nc45)nc23)c1. The van der Waals surface area contributed by atoms with E-state index in [4.69, 9.17) is 14.7 Å². The first kappa shape index (κ1) is 29.2. The van der Waals surface area contributed by atoms with Gasteiger partial charge in [0.25, 0.3) is 0 Å². The number of rotatable bonds is 11. The van der Waals surface area contributed by atoms with Crippen molar-refractivity contribution in [2.24, 2.45) is 0 Å². The summed E-state index contributed by atoms with van der Waals surface area (Å²) in [5.74, 6) is 0.551. The summed E-state index contributed by atoms with van der Waals surface area (Å²) < 4.78 is 20.5. The van der Waals surface area contributed by atoms with Crippen LogP contribution in [0.1, 0.15) is 11.1 Å². The van der Waals surface area contributed by atoms with Crippen molar-refractivity contribution in [3.05, 3.63) is 108 Å². The van der Waals surface area contributed by atoms with Gasteiger partial charge in [-0.25, -0.2) is 14.4 Å². The maximum absolute atomic E-state index is 14.7. The number of ether oxygens (including phenoxy) is 1. The fourth-order valence-corrected chi connectivity index (χ4v) is 5.28. The molecule has 0 aliphatic carbocycles. The molecule has 230 valence electrons. The molecule has 10 nitrogen and oxygen atoms in total. The number of halogens is 1. The molecular formula is C35H32FN9O. The van der Waals surface area contributed by atoms with Gasteiger partial charge in [-0.1, -0.05) is 30.3 Å². The van der Waals surface area contributed by atoms with E-state index in [2.05, 4.69) is 48.7 Å². The van der Waals surface area contributed by atoms with Crippen LogP contribution >= 0.6 is 0 Å². The van der Waals surface area contributed by atoms with E-state index in [1.54, 1.807) is 12.3 Å². The van der Waals surface area contributed by atoms with Crippen molar-refractivity contribution in [1.82, 2.24) is 45.3 Å². The summed E-state index contributed by atoms with van der Waals surface area (Å²) in [6.07, 6.45) is 5.34. The molecule has 0 saturated heterocycles. The van der Waals surface area contributed by atoms with E-state index in [0.717, 1.165) is 34.4 Å². The van der Waals surface area contributed by atoms with Crippen molar-refractivity contribution < 1.29 is 9.13 Å². The molecule has 0 saturated carbocycles. The number of aromatic nitrogens is 7. The molecule has 0 aliphatic rings. The zero-order valence-corrected chi connectivity index (χ0v) is 25.5. The van der Waals surface area contributed by atoms with Crippen LogP contribution in [-0.4, -0.2) is 67.3 Å². The number of aromatic amines is 2. The van der Waals surface area contributed by atoms with Crippen molar-refractivity contribution >= 4 is 22.1 Å². The van der Waals surface area contributed by atoms with Gasteiger partial charge in [-0.15, -0.1) is 0 Å². The van der Waals surface area contributed by atoms with Crippen molar-refractivity contribution in [2.75, 3.05) is 27.2 Å². The third kappa shape index (κ3) is 6.32. The zero-order chi connectivity index (χ0) is 31.5. The van der Waals surface area contributed by atoms with Gasteiger partial charge in [0, 0.05) is 55.4 Å². The van der Waals surface area contributed by atoms with Gasteiger partial charge < -0.3 is 19.9 Å². The Kier molecular flexibility index (Phi) is 8.15. The minimum Gasteiger partial charge on any atom is -0.492 e. The average Bonchev–Trinajstić information content (AvgIpc) is 3.69. The first-order chi connectivity index (χ1) is 22.5. The van der Waals surface area contributed by atoms with Crippen LogP contribution in [0.25, 0.3) is 56.1 Å². The van der Waals surface area contributed by atoms with Crippen LogP contribution in [0.2, 0.25) is 0 Å². The van der Waals surface area contributed by atoms with Gasteiger partial charge in [-0.2, -0.15) is 5.10 Å². The fraction of sp³-hybridized carbons (Fsp3) is 0.171. The summed E-state index contributed by atoms with van der Waals surface area (Å²) in [5.41, 5.74) is 8.41. The predicted octanol–water partition coefficient (Wildman–Crippen LogP) is 5.99. The lowest BCUT2D eigenvalue weighted by Crippen LogP contribution is -2.19. The summed E-state index contributed by atoms with van der Waals surface area (Å²) in [7, 11) is 3.92. The van der Waals surface area contributed by atoms with Crippen molar-refractivity contribution in [2.45, 2.75) is 13.1 Å². The molecule has 3 N–H and O–H groups in total. The van der Waals surface area contributed by atoms with Gasteiger partial charge in [-0.05, 0) is 61.6 Å². The Morgan fingerprint density at radius 2 is 1.67 bits per heavy atom. The molecule has 2 aromatic carbocycles. The van der Waals surface area contributed by atoms with E-state index in [1.165, 1.54) is 17.7 Å². The molecule has 0 atom stereocenters. The maximum atomic E-state index is 14.7. The Labute approximate surface area is 264 Å². The lowest BCUT2D eigenvalue weighted by atomic mass is 10.1. The van der Waals surface area contributed by atoms with Gasteiger partial charge in [0.1, 0.15) is 29.2 Å². The number of likely N-dealkylation sites (N-methyl/N-ethyl adjacent to an activating group) is 1. The quantitative estimate of drug-likeness (QED) is 0.163. The Morgan fingerprint density at radius 3 is 2.54 bits per heavy atom. The molecule has 0 amide bonds. The Balaban J connectivity index is 1.17. The van der Waals surface area contributed by atoms with E-state index in [-0.39, 0.29) is 0 Å². The Bertz CT molecular complexity index is 2120. The van der Waals surface area contributed by atoms with Gasteiger partial charge >= 0.3 is 0 Å². The second-order valence-corrected chi connectivity index (χ2v) is 11.3. The monoisotopic (exact) mass is 613 g/mol. The summed E-state index contributed by atoms with van der Waals surface area (Å²) in [6.45, 7) is 2.60. The van der Waals surface area contributed by atoms with Crippen LogP contribution in [0.3, 0.4) is 0 Å². The van der Waals surface area contributed by atoms with Gasteiger partial charge in [-0.3, -0.25) is 15.1 Å². The van der Waals surface area contributed by atoms with E-state index in [1.807, 2.05) is 67.8 Å². The standard InChI is InChI=1S/C35H32FN9O/c1-45(2)12-13-46-27-16-24(15-26(36)17-27)31-32-29(10-11-39-31)41-35(42-32)34-33-30(43-44-34)9-8-28(40-33)25-14-23(20-38-21-25)19-37-18-22-6-4-3-5-7-22/h3-11,14-17,20-21,37H,12-13,18-19H2,1-2H3,(H,41,42)(H,43,44). The fourth-order valence-electron chi connectivity index (χ4n) is 5.28. The molecule has 5 heterocycles. The number of fused-ring (bicyclic) bond motifs is 2. The minimum atomic E-state index is -0.410. The molecule has 0 radical (unpaired) electrons. The highest BCUT2D eigenvalue weighted by Crippen LogP contribution is 2.32. The van der Waals surface area contributed by atoms with Gasteiger partial charge in [0.15, 0.2) is 11.5 Å². The predicted molar refractivity (Wildman–Crippen MR) is 176 cm³/mol. The third-order valence-corrected chi connectivity index (χ3v) is 7.58. The number of pyridine rings is 3. The smallest absolute Gasteiger partial charge is 0.161 e. The molecule has 0 aliphatic heterocycles. The zero-order valence-electron chi connectivity index (χ0n) is 25.5. The van der Waals surface area contributed by atoms with Crippen molar-refractivity contribution in [3.63, 3.8) is 0 Å². The van der Waals surface area contributed by atoms with E-state index in [9.17, 15) is 4.39 Å².